The molecule has 0 aliphatic carbocycles. The monoisotopic (exact) mass is 348 g/mol. The second-order valence-electron chi connectivity index (χ2n) is 6.47. The predicted octanol–water partition coefficient (Wildman–Crippen LogP) is 3.43. The topological polar surface area (TPSA) is 62.7 Å². The van der Waals surface area contributed by atoms with E-state index in [1.807, 2.05) is 30.3 Å². The van der Waals surface area contributed by atoms with Crippen LogP contribution >= 0.6 is 0 Å². The van der Waals surface area contributed by atoms with Crippen molar-refractivity contribution in [1.29, 1.82) is 0 Å². The maximum atomic E-state index is 11.7. The molecule has 132 valence electrons. The lowest BCUT2D eigenvalue weighted by molar-refractivity contribution is 0.0342. The van der Waals surface area contributed by atoms with Gasteiger partial charge in [0.25, 0.3) is 0 Å². The number of benzene rings is 2. The fraction of sp³-hybridized carbons (Fsp3) is 0.238. The molecular formula is C21H20N2O3. The number of aromatic carboxylic acids is 1. The van der Waals surface area contributed by atoms with Crippen LogP contribution in [0.4, 0.5) is 0 Å². The van der Waals surface area contributed by atoms with Crippen molar-refractivity contribution in [3.05, 3.63) is 65.7 Å². The Morgan fingerprint density at radius 2 is 1.88 bits per heavy atom. The van der Waals surface area contributed by atoms with Crippen LogP contribution in [-0.4, -0.2) is 47.3 Å². The summed E-state index contributed by atoms with van der Waals surface area (Å²) in [6.45, 7) is 4.27. The van der Waals surface area contributed by atoms with Crippen LogP contribution in [0.15, 0.2) is 54.6 Å². The Kier molecular flexibility index (Phi) is 4.65. The normalized spacial score (nSPS) is 15.2. The van der Waals surface area contributed by atoms with E-state index in [0.29, 0.717) is 16.6 Å². The second-order valence-corrected chi connectivity index (χ2v) is 6.47. The van der Waals surface area contributed by atoms with Crippen molar-refractivity contribution in [2.75, 3.05) is 26.3 Å². The minimum Gasteiger partial charge on any atom is -0.478 e. The minimum absolute atomic E-state index is 0.282. The first-order valence-corrected chi connectivity index (χ1v) is 8.73. The number of hydrogen-bond acceptors (Lipinski definition) is 4. The number of para-hydroxylation sites is 1. The van der Waals surface area contributed by atoms with Crippen LogP contribution in [-0.2, 0) is 11.3 Å². The molecule has 4 rings (SSSR count). The van der Waals surface area contributed by atoms with E-state index in [2.05, 4.69) is 22.0 Å². The van der Waals surface area contributed by atoms with Gasteiger partial charge in [-0.3, -0.25) is 4.90 Å². The predicted molar refractivity (Wildman–Crippen MR) is 100 cm³/mol. The van der Waals surface area contributed by atoms with Crippen molar-refractivity contribution in [3.63, 3.8) is 0 Å². The molecule has 0 spiro atoms. The summed E-state index contributed by atoms with van der Waals surface area (Å²) in [6.07, 6.45) is 0. The van der Waals surface area contributed by atoms with Crippen LogP contribution < -0.4 is 0 Å². The van der Waals surface area contributed by atoms with Crippen molar-refractivity contribution >= 4 is 16.9 Å². The molecule has 5 heteroatoms. The minimum atomic E-state index is -0.936. The fourth-order valence-electron chi connectivity index (χ4n) is 3.35. The zero-order valence-electron chi connectivity index (χ0n) is 14.4. The number of hydrogen-bond donors (Lipinski definition) is 1. The quantitative estimate of drug-likeness (QED) is 0.783. The first-order chi connectivity index (χ1) is 12.7. The molecule has 1 fully saturated rings. The van der Waals surface area contributed by atoms with Crippen molar-refractivity contribution in [2.45, 2.75) is 6.54 Å². The third kappa shape index (κ3) is 3.45. The van der Waals surface area contributed by atoms with Crippen molar-refractivity contribution in [2.24, 2.45) is 0 Å². The number of ether oxygens (including phenoxy) is 1. The van der Waals surface area contributed by atoms with E-state index in [4.69, 9.17) is 4.74 Å². The van der Waals surface area contributed by atoms with Gasteiger partial charge in [-0.25, -0.2) is 9.78 Å². The fourth-order valence-corrected chi connectivity index (χ4v) is 3.35. The number of pyridine rings is 1. The molecule has 1 aliphatic heterocycles. The molecule has 26 heavy (non-hydrogen) atoms. The lowest BCUT2D eigenvalue weighted by Gasteiger charge is -2.26. The second kappa shape index (κ2) is 7.23. The van der Waals surface area contributed by atoms with Gasteiger partial charge < -0.3 is 9.84 Å². The Morgan fingerprint density at radius 1 is 1.08 bits per heavy atom. The van der Waals surface area contributed by atoms with Crippen LogP contribution in [0.25, 0.3) is 22.2 Å². The van der Waals surface area contributed by atoms with Gasteiger partial charge in [0.15, 0.2) is 0 Å². The Morgan fingerprint density at radius 3 is 2.69 bits per heavy atom. The molecule has 0 saturated carbocycles. The van der Waals surface area contributed by atoms with Gasteiger partial charge in [0.05, 0.1) is 30.0 Å². The number of aromatic nitrogens is 1. The molecule has 0 radical (unpaired) electrons. The van der Waals surface area contributed by atoms with Crippen LogP contribution in [0.5, 0.6) is 0 Å². The number of carboxylic acid groups (broad SMARTS) is 1. The third-order valence-electron chi connectivity index (χ3n) is 4.68. The molecule has 0 bridgehead atoms. The molecule has 2 heterocycles. The summed E-state index contributed by atoms with van der Waals surface area (Å²) in [5.74, 6) is -0.936. The number of morpholine rings is 1. The molecule has 0 unspecified atom stereocenters. The summed E-state index contributed by atoms with van der Waals surface area (Å²) in [5, 5.41) is 10.2. The van der Waals surface area contributed by atoms with Crippen LogP contribution in [0, 0.1) is 0 Å². The van der Waals surface area contributed by atoms with E-state index in [1.165, 1.54) is 5.56 Å². The van der Waals surface area contributed by atoms with Crippen LogP contribution in [0.3, 0.4) is 0 Å². The number of nitrogens with zero attached hydrogens (tertiary/aromatic N) is 2. The largest absolute Gasteiger partial charge is 0.478 e. The van der Waals surface area contributed by atoms with Crippen molar-refractivity contribution in [3.8, 4) is 11.3 Å². The van der Waals surface area contributed by atoms with Crippen LogP contribution in [0.2, 0.25) is 0 Å². The molecule has 5 nitrogen and oxygen atoms in total. The third-order valence-corrected chi connectivity index (χ3v) is 4.68. The summed E-state index contributed by atoms with van der Waals surface area (Å²) >= 11 is 0. The van der Waals surface area contributed by atoms with E-state index in [1.54, 1.807) is 12.1 Å². The standard InChI is InChI=1S/C21H20N2O3/c24-21(25)18-13-20(22-19-7-2-1-6-17(18)19)16-5-3-4-15(12-16)14-23-8-10-26-11-9-23/h1-7,12-13H,8-11,14H2,(H,24,25). The Hall–Kier alpha value is -2.76. The zero-order chi connectivity index (χ0) is 17.9. The maximum absolute atomic E-state index is 11.7. The highest BCUT2D eigenvalue weighted by atomic mass is 16.5. The molecule has 1 aliphatic rings. The van der Waals surface area contributed by atoms with Gasteiger partial charge in [-0.1, -0.05) is 36.4 Å². The van der Waals surface area contributed by atoms with Gasteiger partial charge >= 0.3 is 5.97 Å². The highest BCUT2D eigenvalue weighted by Gasteiger charge is 2.14. The van der Waals surface area contributed by atoms with Gasteiger partial charge in [-0.2, -0.15) is 0 Å². The van der Waals surface area contributed by atoms with E-state index < -0.39 is 5.97 Å². The summed E-state index contributed by atoms with van der Waals surface area (Å²) in [7, 11) is 0. The number of carbonyl (C=O) groups is 1. The Labute approximate surface area is 151 Å². The van der Waals surface area contributed by atoms with E-state index in [9.17, 15) is 9.90 Å². The summed E-state index contributed by atoms with van der Waals surface area (Å²) in [5.41, 5.74) is 3.79. The molecule has 1 saturated heterocycles. The van der Waals surface area contributed by atoms with Crippen molar-refractivity contribution < 1.29 is 14.6 Å². The zero-order valence-corrected chi connectivity index (χ0v) is 14.4. The van der Waals surface area contributed by atoms with E-state index in [0.717, 1.165) is 38.4 Å². The van der Waals surface area contributed by atoms with E-state index >= 15 is 0 Å². The Balaban J connectivity index is 1.71. The molecule has 2 aromatic carbocycles. The smallest absolute Gasteiger partial charge is 0.336 e. The highest BCUT2D eigenvalue weighted by molar-refractivity contribution is 6.03. The maximum Gasteiger partial charge on any atom is 0.336 e. The van der Waals surface area contributed by atoms with Gasteiger partial charge in [0.1, 0.15) is 0 Å². The SMILES string of the molecule is O=C(O)c1cc(-c2cccc(CN3CCOCC3)c2)nc2ccccc12. The summed E-state index contributed by atoms with van der Waals surface area (Å²) < 4.78 is 5.40. The molecule has 1 N–H and O–H groups in total. The molecule has 0 amide bonds. The van der Waals surface area contributed by atoms with Crippen molar-refractivity contribution in [1.82, 2.24) is 9.88 Å². The van der Waals surface area contributed by atoms with Gasteiger partial charge in [0, 0.05) is 30.6 Å². The first-order valence-electron chi connectivity index (χ1n) is 8.73. The molecule has 3 aromatic rings. The van der Waals surface area contributed by atoms with Gasteiger partial charge in [-0.05, 0) is 23.8 Å². The van der Waals surface area contributed by atoms with Gasteiger partial charge in [0.2, 0.25) is 0 Å². The molecule has 1 aromatic heterocycles. The highest BCUT2D eigenvalue weighted by Crippen LogP contribution is 2.26. The lowest BCUT2D eigenvalue weighted by Crippen LogP contribution is -2.35. The Bertz CT molecular complexity index is 949. The average molecular weight is 348 g/mol. The average Bonchev–Trinajstić information content (AvgIpc) is 2.68. The number of carboxylic acids is 1. The number of fused-ring (bicyclic) bond motifs is 1. The number of rotatable bonds is 4. The van der Waals surface area contributed by atoms with E-state index in [-0.39, 0.29) is 5.56 Å². The molecule has 0 atom stereocenters. The lowest BCUT2D eigenvalue weighted by atomic mass is 10.0. The van der Waals surface area contributed by atoms with Gasteiger partial charge in [-0.15, -0.1) is 0 Å². The summed E-state index contributed by atoms with van der Waals surface area (Å²) in [4.78, 5) is 18.7. The summed E-state index contributed by atoms with van der Waals surface area (Å²) in [6, 6.07) is 17.2. The van der Waals surface area contributed by atoms with Crippen LogP contribution in [0.1, 0.15) is 15.9 Å². The first kappa shape index (κ1) is 16.7. The molecular weight excluding hydrogens is 328 g/mol.